The molecule has 0 saturated carbocycles. The Labute approximate surface area is 121 Å². The van der Waals surface area contributed by atoms with E-state index in [9.17, 15) is 20.1 Å². The lowest BCUT2D eigenvalue weighted by Crippen LogP contribution is -2.57. The molecule has 1 aromatic rings. The fourth-order valence-corrected chi connectivity index (χ4v) is 2.34. The van der Waals surface area contributed by atoms with E-state index in [1.165, 1.54) is 0 Å². The molecular weight excluding hydrogens is 278 g/mol. The summed E-state index contributed by atoms with van der Waals surface area (Å²) in [6, 6.07) is 8.71. The average molecular weight is 297 g/mol. The monoisotopic (exact) mass is 297 g/mol. The molecule has 0 bridgehead atoms. The van der Waals surface area contributed by atoms with Gasteiger partial charge in [0.15, 0.2) is 0 Å². The van der Waals surface area contributed by atoms with Crippen LogP contribution in [0.2, 0.25) is 0 Å². The van der Waals surface area contributed by atoms with E-state index in [-0.39, 0.29) is 6.42 Å². The molecule has 1 aliphatic heterocycles. The highest BCUT2D eigenvalue weighted by Gasteiger charge is 2.45. The summed E-state index contributed by atoms with van der Waals surface area (Å²) in [4.78, 5) is 11.1. The number of hydrogen-bond donors (Lipinski definition) is 4. The zero-order chi connectivity index (χ0) is 15.4. The topological polar surface area (TPSA) is 122 Å². The molecule has 1 fully saturated rings. The van der Waals surface area contributed by atoms with Crippen LogP contribution in [0.15, 0.2) is 30.3 Å². The number of para-hydroxylation sites is 1. The molecule has 0 unspecified atom stereocenters. The summed E-state index contributed by atoms with van der Waals surface area (Å²) >= 11 is 0. The van der Waals surface area contributed by atoms with Gasteiger partial charge in [0.25, 0.3) is 0 Å². The number of primary amides is 1. The van der Waals surface area contributed by atoms with Gasteiger partial charge in [-0.2, -0.15) is 0 Å². The van der Waals surface area contributed by atoms with Gasteiger partial charge in [0.2, 0.25) is 12.2 Å². The van der Waals surface area contributed by atoms with Crippen molar-refractivity contribution in [3.8, 4) is 5.75 Å². The van der Waals surface area contributed by atoms with Gasteiger partial charge < -0.3 is 30.5 Å². The van der Waals surface area contributed by atoms with Crippen LogP contribution in [0.5, 0.6) is 5.75 Å². The number of nitrogens with two attached hydrogens (primary N) is 1. The van der Waals surface area contributed by atoms with Gasteiger partial charge in [0, 0.05) is 6.42 Å². The Hall–Kier alpha value is -1.67. The van der Waals surface area contributed by atoms with Crippen LogP contribution < -0.4 is 10.5 Å². The van der Waals surface area contributed by atoms with Gasteiger partial charge in [0.05, 0.1) is 18.6 Å². The molecule has 0 radical (unpaired) electrons. The van der Waals surface area contributed by atoms with Crippen molar-refractivity contribution < 1.29 is 29.6 Å². The maximum atomic E-state index is 11.1. The summed E-state index contributed by atoms with van der Waals surface area (Å²) < 4.78 is 11.1. The molecule has 7 heteroatoms. The largest absolute Gasteiger partial charge is 0.465 e. The summed E-state index contributed by atoms with van der Waals surface area (Å²) in [5, 5.41) is 29.2. The minimum Gasteiger partial charge on any atom is -0.465 e. The first kappa shape index (κ1) is 15.7. The van der Waals surface area contributed by atoms with Crippen LogP contribution in [0.4, 0.5) is 0 Å². The van der Waals surface area contributed by atoms with Gasteiger partial charge in [-0.05, 0) is 12.1 Å². The van der Waals surface area contributed by atoms with E-state index in [4.69, 9.17) is 15.2 Å². The van der Waals surface area contributed by atoms with Crippen molar-refractivity contribution in [1.82, 2.24) is 0 Å². The van der Waals surface area contributed by atoms with E-state index in [1.807, 2.05) is 6.07 Å². The fraction of sp³-hybridized carbons (Fsp3) is 0.500. The highest BCUT2D eigenvalue weighted by molar-refractivity contribution is 5.74. The number of aliphatic hydroxyl groups is 3. The Bertz CT molecular complexity index is 468. The van der Waals surface area contributed by atoms with Gasteiger partial charge >= 0.3 is 0 Å². The van der Waals surface area contributed by atoms with E-state index in [0.717, 1.165) is 0 Å². The van der Waals surface area contributed by atoms with Crippen LogP contribution in [-0.4, -0.2) is 52.4 Å². The van der Waals surface area contributed by atoms with Crippen LogP contribution >= 0.6 is 0 Å². The summed E-state index contributed by atoms with van der Waals surface area (Å²) in [5.41, 5.74) is 5.16. The quantitative estimate of drug-likeness (QED) is 0.553. The predicted molar refractivity (Wildman–Crippen MR) is 72.1 cm³/mol. The lowest BCUT2D eigenvalue weighted by Gasteiger charge is -2.41. The maximum Gasteiger partial charge on any atom is 0.218 e. The number of aliphatic hydroxyl groups excluding tert-OH is 3. The van der Waals surface area contributed by atoms with Crippen molar-refractivity contribution in [3.63, 3.8) is 0 Å². The number of benzene rings is 1. The van der Waals surface area contributed by atoms with Crippen LogP contribution in [0, 0.1) is 5.92 Å². The standard InChI is InChI=1S/C14H19NO6/c15-11(17)6-9-12(18)13(19)10(7-16)21-14(9)20-8-4-2-1-3-5-8/h1-5,9-10,12-14,16,18-19H,6-7H2,(H2,15,17)/t9-,10+,12+,13-,14-/m0/s1. The van der Waals surface area contributed by atoms with Gasteiger partial charge in [-0.15, -0.1) is 0 Å². The molecule has 0 aliphatic carbocycles. The second-order valence-electron chi connectivity index (χ2n) is 4.97. The molecule has 2 rings (SSSR count). The smallest absolute Gasteiger partial charge is 0.218 e. The SMILES string of the molecule is NC(=O)C[C@@H]1[C@@H](Oc2ccccc2)O[C@H](CO)[C@H](O)[C@@H]1O. The molecule has 0 spiro atoms. The third-order valence-electron chi connectivity index (χ3n) is 3.44. The first-order valence-electron chi connectivity index (χ1n) is 6.65. The van der Waals surface area contributed by atoms with Crippen molar-refractivity contribution in [3.05, 3.63) is 30.3 Å². The van der Waals surface area contributed by atoms with E-state index in [2.05, 4.69) is 0 Å². The molecule has 1 saturated heterocycles. The Morgan fingerprint density at radius 1 is 1.24 bits per heavy atom. The van der Waals surface area contributed by atoms with Gasteiger partial charge in [-0.1, -0.05) is 18.2 Å². The Balaban J connectivity index is 2.18. The molecule has 1 amide bonds. The predicted octanol–water partition coefficient (Wildman–Crippen LogP) is -1.00. The van der Waals surface area contributed by atoms with E-state index >= 15 is 0 Å². The van der Waals surface area contributed by atoms with Crippen molar-refractivity contribution >= 4 is 5.91 Å². The summed E-state index contributed by atoms with van der Waals surface area (Å²) in [7, 11) is 0. The number of carbonyl (C=O) groups is 1. The third kappa shape index (κ3) is 3.70. The number of hydrogen-bond acceptors (Lipinski definition) is 6. The molecule has 0 aromatic heterocycles. The Morgan fingerprint density at radius 3 is 2.48 bits per heavy atom. The van der Waals surface area contributed by atoms with Crippen LogP contribution in [0.25, 0.3) is 0 Å². The minimum absolute atomic E-state index is 0.201. The van der Waals surface area contributed by atoms with Crippen molar-refractivity contribution in [1.29, 1.82) is 0 Å². The van der Waals surface area contributed by atoms with Crippen molar-refractivity contribution in [2.75, 3.05) is 6.61 Å². The van der Waals surface area contributed by atoms with Gasteiger partial charge in [0.1, 0.15) is 18.0 Å². The molecule has 1 aliphatic rings. The zero-order valence-corrected chi connectivity index (χ0v) is 11.3. The molecule has 5 N–H and O–H groups in total. The lowest BCUT2D eigenvalue weighted by molar-refractivity contribution is -0.260. The molecular formula is C14H19NO6. The maximum absolute atomic E-state index is 11.1. The molecule has 5 atom stereocenters. The highest BCUT2D eigenvalue weighted by atomic mass is 16.7. The highest BCUT2D eigenvalue weighted by Crippen LogP contribution is 2.30. The van der Waals surface area contributed by atoms with Gasteiger partial charge in [-0.25, -0.2) is 0 Å². The van der Waals surface area contributed by atoms with Crippen molar-refractivity contribution in [2.45, 2.75) is 31.0 Å². The minimum atomic E-state index is -1.31. The first-order chi connectivity index (χ1) is 10.0. The number of ether oxygens (including phenoxy) is 2. The van der Waals surface area contributed by atoms with E-state index < -0.39 is 43.0 Å². The normalized spacial score (nSPS) is 32.6. The second-order valence-corrected chi connectivity index (χ2v) is 4.97. The fourth-order valence-electron chi connectivity index (χ4n) is 2.34. The Kier molecular flexibility index (Phi) is 5.13. The number of rotatable bonds is 5. The van der Waals surface area contributed by atoms with Crippen LogP contribution in [0.3, 0.4) is 0 Å². The first-order valence-corrected chi connectivity index (χ1v) is 6.65. The van der Waals surface area contributed by atoms with Crippen LogP contribution in [0.1, 0.15) is 6.42 Å². The lowest BCUT2D eigenvalue weighted by atomic mass is 9.88. The summed E-state index contributed by atoms with van der Waals surface area (Å²) in [5.74, 6) is -0.975. The summed E-state index contributed by atoms with van der Waals surface area (Å²) in [6.07, 6.45) is -4.77. The molecule has 21 heavy (non-hydrogen) atoms. The van der Waals surface area contributed by atoms with E-state index in [1.54, 1.807) is 24.3 Å². The van der Waals surface area contributed by atoms with Crippen LogP contribution in [-0.2, 0) is 9.53 Å². The zero-order valence-electron chi connectivity index (χ0n) is 11.3. The molecule has 116 valence electrons. The second kappa shape index (κ2) is 6.86. The average Bonchev–Trinajstić information content (AvgIpc) is 2.47. The number of amides is 1. The number of carbonyl (C=O) groups excluding carboxylic acids is 1. The Morgan fingerprint density at radius 2 is 1.90 bits per heavy atom. The third-order valence-corrected chi connectivity index (χ3v) is 3.44. The van der Waals surface area contributed by atoms with Gasteiger partial charge in [-0.3, -0.25) is 4.79 Å². The van der Waals surface area contributed by atoms with E-state index in [0.29, 0.717) is 5.75 Å². The molecule has 1 aromatic carbocycles. The molecule has 1 heterocycles. The summed E-state index contributed by atoms with van der Waals surface area (Å²) in [6.45, 7) is -0.476. The van der Waals surface area contributed by atoms with Crippen molar-refractivity contribution in [2.24, 2.45) is 11.7 Å². The molecule has 7 nitrogen and oxygen atoms in total.